The zero-order chi connectivity index (χ0) is 18.4. The second-order valence-electron chi connectivity index (χ2n) is 5.92. The minimum atomic E-state index is -0.899. The average molecular weight is 341 g/mol. The molecule has 25 heavy (non-hydrogen) atoms. The highest BCUT2D eigenvalue weighted by Crippen LogP contribution is 2.23. The monoisotopic (exact) mass is 341 g/mol. The molecule has 0 radical (unpaired) electrons. The minimum Gasteiger partial charge on any atom is -0.495 e. The summed E-state index contributed by atoms with van der Waals surface area (Å²) in [4.78, 5) is 24.3. The highest BCUT2D eigenvalue weighted by molar-refractivity contribution is 5.96. The Balaban J connectivity index is 1.93. The smallest absolute Gasteiger partial charge is 0.311 e. The molecule has 0 heterocycles. The first kappa shape index (κ1) is 18.5. The van der Waals surface area contributed by atoms with Gasteiger partial charge >= 0.3 is 5.97 Å². The van der Waals surface area contributed by atoms with Crippen LogP contribution in [0.15, 0.2) is 42.5 Å². The molecule has 1 amide bonds. The van der Waals surface area contributed by atoms with Gasteiger partial charge in [0.15, 0.2) is 6.10 Å². The molecule has 0 saturated carbocycles. The molecular weight excluding hydrogens is 318 g/mol. The van der Waals surface area contributed by atoms with Crippen LogP contribution in [0.2, 0.25) is 0 Å². The molecule has 0 aliphatic heterocycles. The van der Waals surface area contributed by atoms with E-state index in [1.54, 1.807) is 25.1 Å². The lowest BCUT2D eigenvalue weighted by Crippen LogP contribution is -2.30. The first-order valence-corrected chi connectivity index (χ1v) is 8.10. The Morgan fingerprint density at radius 2 is 1.80 bits per heavy atom. The molecule has 0 unspecified atom stereocenters. The third-order valence-electron chi connectivity index (χ3n) is 3.96. The van der Waals surface area contributed by atoms with Crippen LogP contribution in [0.1, 0.15) is 23.6 Å². The number of hydrogen-bond donors (Lipinski definition) is 1. The van der Waals surface area contributed by atoms with Gasteiger partial charge in [-0.3, -0.25) is 9.59 Å². The number of esters is 1. The van der Waals surface area contributed by atoms with Crippen LogP contribution in [0, 0.1) is 13.8 Å². The molecule has 1 N–H and O–H groups in total. The van der Waals surface area contributed by atoms with E-state index < -0.39 is 18.0 Å². The van der Waals surface area contributed by atoms with Crippen molar-refractivity contribution in [2.45, 2.75) is 33.3 Å². The number of para-hydroxylation sites is 2. The first-order chi connectivity index (χ1) is 11.9. The van der Waals surface area contributed by atoms with Gasteiger partial charge in [-0.25, -0.2) is 0 Å². The Morgan fingerprint density at radius 1 is 1.08 bits per heavy atom. The van der Waals surface area contributed by atoms with Crippen LogP contribution in [-0.2, 0) is 20.7 Å². The van der Waals surface area contributed by atoms with Crippen molar-refractivity contribution in [3.05, 3.63) is 59.2 Å². The fourth-order valence-corrected chi connectivity index (χ4v) is 2.35. The van der Waals surface area contributed by atoms with Crippen molar-refractivity contribution >= 4 is 17.6 Å². The zero-order valence-corrected chi connectivity index (χ0v) is 15.0. The van der Waals surface area contributed by atoms with Crippen LogP contribution in [0.5, 0.6) is 5.75 Å². The molecular formula is C20H23NO4. The standard InChI is InChI=1S/C20H23NO4/c1-13-9-10-16(11-14(13)2)12-19(22)25-15(3)20(23)21-17-7-5-6-8-18(17)24-4/h5-11,15H,12H2,1-4H3,(H,21,23)/t15-/m1/s1. The van der Waals surface area contributed by atoms with E-state index in [-0.39, 0.29) is 6.42 Å². The number of ether oxygens (including phenoxy) is 2. The van der Waals surface area contributed by atoms with E-state index in [1.807, 2.05) is 38.1 Å². The van der Waals surface area contributed by atoms with E-state index in [4.69, 9.17) is 9.47 Å². The van der Waals surface area contributed by atoms with E-state index in [0.717, 1.165) is 11.1 Å². The van der Waals surface area contributed by atoms with Crippen LogP contribution in [0.25, 0.3) is 0 Å². The van der Waals surface area contributed by atoms with Gasteiger partial charge in [0.25, 0.3) is 5.91 Å². The molecule has 0 saturated heterocycles. The quantitative estimate of drug-likeness (QED) is 0.818. The van der Waals surface area contributed by atoms with Crippen LogP contribution >= 0.6 is 0 Å². The summed E-state index contributed by atoms with van der Waals surface area (Å²) in [5.74, 6) is -0.298. The Morgan fingerprint density at radius 3 is 2.48 bits per heavy atom. The number of benzene rings is 2. The second-order valence-corrected chi connectivity index (χ2v) is 5.92. The Labute approximate surface area is 148 Å². The molecule has 0 spiro atoms. The van der Waals surface area contributed by atoms with E-state index in [2.05, 4.69) is 5.32 Å². The van der Waals surface area contributed by atoms with Gasteiger partial charge in [-0.1, -0.05) is 30.3 Å². The van der Waals surface area contributed by atoms with Crippen molar-refractivity contribution < 1.29 is 19.1 Å². The summed E-state index contributed by atoms with van der Waals surface area (Å²) < 4.78 is 10.4. The van der Waals surface area contributed by atoms with Gasteiger partial charge in [0.2, 0.25) is 0 Å². The summed E-state index contributed by atoms with van der Waals surface area (Å²) in [6, 6.07) is 12.9. The average Bonchev–Trinajstić information content (AvgIpc) is 2.58. The van der Waals surface area contributed by atoms with Crippen molar-refractivity contribution in [1.29, 1.82) is 0 Å². The van der Waals surface area contributed by atoms with Gasteiger partial charge in [-0.2, -0.15) is 0 Å². The van der Waals surface area contributed by atoms with Crippen molar-refractivity contribution in [1.82, 2.24) is 0 Å². The number of anilines is 1. The summed E-state index contributed by atoms with van der Waals surface area (Å²) in [6.07, 6.45) is -0.767. The highest BCUT2D eigenvalue weighted by Gasteiger charge is 2.19. The number of carbonyl (C=O) groups excluding carboxylic acids is 2. The molecule has 2 aromatic carbocycles. The fourth-order valence-electron chi connectivity index (χ4n) is 2.35. The van der Waals surface area contributed by atoms with Crippen LogP contribution in [-0.4, -0.2) is 25.1 Å². The van der Waals surface area contributed by atoms with Gasteiger partial charge in [-0.05, 0) is 49.6 Å². The Kier molecular flexibility index (Phi) is 6.17. The van der Waals surface area contributed by atoms with Gasteiger partial charge < -0.3 is 14.8 Å². The highest BCUT2D eigenvalue weighted by atomic mass is 16.5. The molecule has 5 nitrogen and oxygen atoms in total. The fraction of sp³-hybridized carbons (Fsp3) is 0.300. The Bertz CT molecular complexity index is 770. The lowest BCUT2D eigenvalue weighted by molar-refractivity contribution is -0.152. The molecule has 0 aliphatic carbocycles. The number of nitrogens with one attached hydrogen (secondary N) is 1. The number of carbonyl (C=O) groups is 2. The normalized spacial score (nSPS) is 11.5. The van der Waals surface area contributed by atoms with Gasteiger partial charge in [0.1, 0.15) is 5.75 Å². The number of aryl methyl sites for hydroxylation is 2. The molecule has 2 aromatic rings. The summed E-state index contributed by atoms with van der Waals surface area (Å²) in [5.41, 5.74) is 3.69. The van der Waals surface area contributed by atoms with Crippen molar-refractivity contribution in [3.8, 4) is 5.75 Å². The first-order valence-electron chi connectivity index (χ1n) is 8.10. The number of methoxy groups -OCH3 is 1. The molecule has 1 atom stereocenters. The third kappa shape index (κ3) is 5.08. The summed E-state index contributed by atoms with van der Waals surface area (Å²) in [6.45, 7) is 5.55. The summed E-state index contributed by atoms with van der Waals surface area (Å²) in [7, 11) is 1.53. The molecule has 0 bridgehead atoms. The molecule has 132 valence electrons. The van der Waals surface area contributed by atoms with E-state index in [9.17, 15) is 9.59 Å². The minimum absolute atomic E-state index is 0.132. The Hall–Kier alpha value is -2.82. The van der Waals surface area contributed by atoms with Gasteiger partial charge in [0.05, 0.1) is 19.2 Å². The van der Waals surface area contributed by atoms with E-state index in [1.165, 1.54) is 12.7 Å². The third-order valence-corrected chi connectivity index (χ3v) is 3.96. The lowest BCUT2D eigenvalue weighted by Gasteiger charge is -2.15. The van der Waals surface area contributed by atoms with E-state index in [0.29, 0.717) is 11.4 Å². The van der Waals surface area contributed by atoms with Crippen LogP contribution < -0.4 is 10.1 Å². The van der Waals surface area contributed by atoms with Crippen molar-refractivity contribution in [2.75, 3.05) is 12.4 Å². The van der Waals surface area contributed by atoms with Crippen molar-refractivity contribution in [3.63, 3.8) is 0 Å². The molecule has 0 aromatic heterocycles. The molecule has 5 heteroatoms. The maximum atomic E-state index is 12.2. The topological polar surface area (TPSA) is 64.6 Å². The number of hydrogen-bond acceptors (Lipinski definition) is 4. The molecule has 0 fully saturated rings. The van der Waals surface area contributed by atoms with E-state index >= 15 is 0 Å². The zero-order valence-electron chi connectivity index (χ0n) is 15.0. The second kappa shape index (κ2) is 8.33. The van der Waals surface area contributed by atoms with Crippen LogP contribution in [0.3, 0.4) is 0 Å². The maximum absolute atomic E-state index is 12.2. The van der Waals surface area contributed by atoms with Gasteiger partial charge in [0, 0.05) is 0 Å². The molecule has 0 aliphatic rings. The predicted octanol–water partition coefficient (Wildman–Crippen LogP) is 3.42. The molecule has 2 rings (SSSR count). The van der Waals surface area contributed by atoms with Crippen LogP contribution in [0.4, 0.5) is 5.69 Å². The maximum Gasteiger partial charge on any atom is 0.311 e. The number of rotatable bonds is 6. The predicted molar refractivity (Wildman–Crippen MR) is 96.8 cm³/mol. The summed E-state index contributed by atoms with van der Waals surface area (Å²) >= 11 is 0. The number of amides is 1. The summed E-state index contributed by atoms with van der Waals surface area (Å²) in [5, 5.41) is 2.71. The van der Waals surface area contributed by atoms with Gasteiger partial charge in [-0.15, -0.1) is 0 Å². The van der Waals surface area contributed by atoms with Crippen molar-refractivity contribution in [2.24, 2.45) is 0 Å². The largest absolute Gasteiger partial charge is 0.495 e. The lowest BCUT2D eigenvalue weighted by atomic mass is 10.0. The SMILES string of the molecule is COc1ccccc1NC(=O)[C@@H](C)OC(=O)Cc1ccc(C)c(C)c1.